The van der Waals surface area contributed by atoms with Gasteiger partial charge in [0.1, 0.15) is 0 Å². The van der Waals surface area contributed by atoms with Gasteiger partial charge in [0.2, 0.25) is 5.91 Å². The van der Waals surface area contributed by atoms with Crippen molar-refractivity contribution < 1.29 is 14.3 Å². The molecule has 0 saturated heterocycles. The highest BCUT2D eigenvalue weighted by atomic mass is 16.5. The Morgan fingerprint density at radius 2 is 2.12 bits per heavy atom. The average molecular weight is 330 g/mol. The lowest BCUT2D eigenvalue weighted by Gasteiger charge is -2.09. The van der Waals surface area contributed by atoms with Crippen LogP contribution in [0.25, 0.3) is 0 Å². The van der Waals surface area contributed by atoms with E-state index in [1.807, 2.05) is 26.0 Å². The van der Waals surface area contributed by atoms with Crippen molar-refractivity contribution in [3.63, 3.8) is 0 Å². The molecule has 1 heterocycles. The van der Waals surface area contributed by atoms with Gasteiger partial charge in [0, 0.05) is 17.7 Å². The molecule has 7 nitrogen and oxygen atoms in total. The Labute approximate surface area is 141 Å². The van der Waals surface area contributed by atoms with Gasteiger partial charge in [0.25, 0.3) is 0 Å². The molecular weight excluding hydrogens is 308 g/mol. The first-order chi connectivity index (χ1) is 11.6. The number of aromatic nitrogens is 2. The summed E-state index contributed by atoms with van der Waals surface area (Å²) in [6.45, 7) is 3.87. The monoisotopic (exact) mass is 330 g/mol. The van der Waals surface area contributed by atoms with E-state index in [0.717, 1.165) is 22.5 Å². The van der Waals surface area contributed by atoms with Crippen molar-refractivity contribution in [1.29, 1.82) is 0 Å². The smallest absolute Gasteiger partial charge is 0.240 e. The van der Waals surface area contributed by atoms with Crippen molar-refractivity contribution in [3.05, 3.63) is 40.7 Å². The van der Waals surface area contributed by atoms with Crippen LogP contribution in [0.15, 0.2) is 23.3 Å². The lowest BCUT2D eigenvalue weighted by molar-refractivity contribution is -0.121. The van der Waals surface area contributed by atoms with Gasteiger partial charge in [-0.3, -0.25) is 9.89 Å². The molecule has 1 aromatic heterocycles. The Bertz CT molecular complexity index is 718. The molecule has 2 N–H and O–H groups in total. The predicted octanol–water partition coefficient (Wildman–Crippen LogP) is 2.13. The van der Waals surface area contributed by atoms with Gasteiger partial charge in [0.05, 0.1) is 26.1 Å². The van der Waals surface area contributed by atoms with Crippen molar-refractivity contribution in [2.24, 2.45) is 5.10 Å². The molecule has 128 valence electrons. The van der Waals surface area contributed by atoms with E-state index in [2.05, 4.69) is 20.7 Å². The minimum atomic E-state index is -0.159. The van der Waals surface area contributed by atoms with Crippen LogP contribution in [0.1, 0.15) is 28.9 Å². The number of ether oxygens (including phenoxy) is 2. The Morgan fingerprint density at radius 3 is 2.75 bits per heavy atom. The number of hydrazone groups is 1. The Balaban J connectivity index is 1.93. The van der Waals surface area contributed by atoms with Gasteiger partial charge in [-0.2, -0.15) is 10.2 Å². The third kappa shape index (κ3) is 4.13. The maximum Gasteiger partial charge on any atom is 0.240 e. The number of aromatic amines is 1. The van der Waals surface area contributed by atoms with Crippen LogP contribution in [0.4, 0.5) is 0 Å². The molecular formula is C17H22N4O3. The molecule has 1 amide bonds. The van der Waals surface area contributed by atoms with Crippen LogP contribution < -0.4 is 14.9 Å². The first kappa shape index (κ1) is 17.5. The van der Waals surface area contributed by atoms with E-state index in [9.17, 15) is 4.79 Å². The van der Waals surface area contributed by atoms with Gasteiger partial charge < -0.3 is 9.47 Å². The largest absolute Gasteiger partial charge is 0.493 e. The van der Waals surface area contributed by atoms with E-state index in [1.165, 1.54) is 6.21 Å². The number of carbonyl (C=O) groups is 1. The van der Waals surface area contributed by atoms with Crippen LogP contribution >= 0.6 is 0 Å². The number of amides is 1. The minimum Gasteiger partial charge on any atom is -0.493 e. The van der Waals surface area contributed by atoms with Gasteiger partial charge in [-0.1, -0.05) is 6.07 Å². The lowest BCUT2D eigenvalue weighted by atomic mass is 10.1. The Kier molecular flexibility index (Phi) is 5.95. The molecule has 0 fully saturated rings. The molecule has 0 radical (unpaired) electrons. The molecule has 0 bridgehead atoms. The Morgan fingerprint density at radius 1 is 1.33 bits per heavy atom. The number of methoxy groups -OCH3 is 2. The summed E-state index contributed by atoms with van der Waals surface area (Å²) in [4.78, 5) is 11.9. The fourth-order valence-corrected chi connectivity index (χ4v) is 2.42. The predicted molar refractivity (Wildman–Crippen MR) is 91.7 cm³/mol. The van der Waals surface area contributed by atoms with Gasteiger partial charge in [0.15, 0.2) is 11.5 Å². The van der Waals surface area contributed by atoms with E-state index < -0.39 is 0 Å². The minimum absolute atomic E-state index is 0.159. The maximum absolute atomic E-state index is 11.9. The van der Waals surface area contributed by atoms with Crippen LogP contribution in [0, 0.1) is 13.8 Å². The average Bonchev–Trinajstić information content (AvgIpc) is 2.90. The fraction of sp³-hybridized carbons (Fsp3) is 0.353. The SMILES string of the molecule is COc1cccc(/C=N/NC(=O)CCc2c(C)n[nH]c2C)c1OC. The molecule has 0 saturated carbocycles. The summed E-state index contributed by atoms with van der Waals surface area (Å²) in [5.74, 6) is 1.02. The highest BCUT2D eigenvalue weighted by Gasteiger charge is 2.09. The molecule has 0 spiro atoms. The third-order valence-corrected chi connectivity index (χ3v) is 3.71. The first-order valence-electron chi connectivity index (χ1n) is 7.60. The van der Waals surface area contributed by atoms with Crippen LogP contribution in [0.5, 0.6) is 11.5 Å². The fourth-order valence-electron chi connectivity index (χ4n) is 2.42. The first-order valence-corrected chi connectivity index (χ1v) is 7.60. The summed E-state index contributed by atoms with van der Waals surface area (Å²) in [7, 11) is 3.13. The van der Waals surface area contributed by atoms with Crippen molar-refractivity contribution in [1.82, 2.24) is 15.6 Å². The molecule has 0 aliphatic rings. The number of hydrogen-bond acceptors (Lipinski definition) is 5. The zero-order valence-electron chi connectivity index (χ0n) is 14.3. The van der Waals surface area contributed by atoms with Crippen molar-refractivity contribution in [2.45, 2.75) is 26.7 Å². The summed E-state index contributed by atoms with van der Waals surface area (Å²) in [5, 5.41) is 11.0. The topological polar surface area (TPSA) is 88.6 Å². The van der Waals surface area contributed by atoms with E-state index in [-0.39, 0.29) is 5.91 Å². The second-order valence-corrected chi connectivity index (χ2v) is 5.29. The van der Waals surface area contributed by atoms with Gasteiger partial charge in [-0.05, 0) is 38.0 Å². The van der Waals surface area contributed by atoms with E-state index in [0.29, 0.717) is 24.3 Å². The standard InChI is InChI=1S/C17H22N4O3/c1-11-14(12(2)20-19-11)8-9-16(22)21-18-10-13-6-5-7-15(23-3)17(13)24-4/h5-7,10H,8-9H2,1-4H3,(H,19,20)(H,21,22)/b18-10+. The second kappa shape index (κ2) is 8.14. The van der Waals surface area contributed by atoms with Crippen LogP contribution in [0.2, 0.25) is 0 Å². The zero-order valence-corrected chi connectivity index (χ0v) is 14.3. The molecule has 0 unspecified atom stereocenters. The highest BCUT2D eigenvalue weighted by Crippen LogP contribution is 2.29. The molecule has 0 atom stereocenters. The summed E-state index contributed by atoms with van der Waals surface area (Å²) in [6.07, 6.45) is 2.50. The van der Waals surface area contributed by atoms with Crippen LogP contribution in [0.3, 0.4) is 0 Å². The Hall–Kier alpha value is -2.83. The number of hydrogen-bond donors (Lipinski definition) is 2. The van der Waals surface area contributed by atoms with Gasteiger partial charge in [-0.15, -0.1) is 0 Å². The maximum atomic E-state index is 11.9. The molecule has 1 aromatic carbocycles. The number of para-hydroxylation sites is 1. The van der Waals surface area contributed by atoms with E-state index in [4.69, 9.17) is 9.47 Å². The number of nitrogens with one attached hydrogen (secondary N) is 2. The normalized spacial score (nSPS) is 10.8. The van der Waals surface area contributed by atoms with Crippen molar-refractivity contribution >= 4 is 12.1 Å². The third-order valence-electron chi connectivity index (χ3n) is 3.71. The quantitative estimate of drug-likeness (QED) is 0.601. The molecule has 2 rings (SSSR count). The molecule has 0 aliphatic heterocycles. The number of H-pyrrole nitrogens is 1. The molecule has 24 heavy (non-hydrogen) atoms. The second-order valence-electron chi connectivity index (χ2n) is 5.29. The van der Waals surface area contributed by atoms with Crippen molar-refractivity contribution in [2.75, 3.05) is 14.2 Å². The lowest BCUT2D eigenvalue weighted by Crippen LogP contribution is -2.18. The highest BCUT2D eigenvalue weighted by molar-refractivity contribution is 5.86. The number of nitrogens with zero attached hydrogens (tertiary/aromatic N) is 2. The summed E-state index contributed by atoms with van der Waals surface area (Å²) in [6, 6.07) is 5.45. The summed E-state index contributed by atoms with van der Waals surface area (Å²) >= 11 is 0. The molecule has 7 heteroatoms. The van der Waals surface area contributed by atoms with E-state index >= 15 is 0 Å². The van der Waals surface area contributed by atoms with Gasteiger partial charge in [-0.25, -0.2) is 5.43 Å². The van der Waals surface area contributed by atoms with Gasteiger partial charge >= 0.3 is 0 Å². The molecule has 2 aromatic rings. The molecule has 0 aliphatic carbocycles. The number of carbonyl (C=O) groups excluding carboxylic acids is 1. The number of benzene rings is 1. The summed E-state index contributed by atoms with van der Waals surface area (Å²) in [5.41, 5.74) is 6.23. The number of rotatable bonds is 7. The van der Waals surface area contributed by atoms with Crippen LogP contribution in [-0.4, -0.2) is 36.5 Å². The van der Waals surface area contributed by atoms with Crippen LogP contribution in [-0.2, 0) is 11.2 Å². The zero-order chi connectivity index (χ0) is 17.5. The number of aryl methyl sites for hydroxylation is 2. The van der Waals surface area contributed by atoms with Crippen molar-refractivity contribution in [3.8, 4) is 11.5 Å². The van der Waals surface area contributed by atoms with E-state index in [1.54, 1.807) is 20.3 Å². The summed E-state index contributed by atoms with van der Waals surface area (Å²) < 4.78 is 10.5.